The van der Waals surface area contributed by atoms with Gasteiger partial charge in [0.1, 0.15) is 19.5 Å². The summed E-state index contributed by atoms with van der Waals surface area (Å²) in [5, 5.41) is -0.404. The molecule has 0 aliphatic heterocycles. The fraction of sp³-hybridized carbons (Fsp3) is 0.500. The zero-order chi connectivity index (χ0) is 27.0. The van der Waals surface area contributed by atoms with Crippen LogP contribution in [0.4, 0.5) is 0 Å². The molecule has 5 aliphatic rings. The molecule has 1 aromatic carbocycles. The smallest absolute Gasteiger partial charge is 0.282 e. The summed E-state index contributed by atoms with van der Waals surface area (Å²) in [5.74, 6) is -3.79. The SMILES string of the molecule is O=S(=O)(O)c1ccc2c(c1)[C@@H]1[C@H]([C@@H]3[C@@H]2[C@@]2(Cl)C(Cl)=C(Cl)[C@@]3(Cl)C2(Cl)Cl)[C@@]2(Cl)C(Cl)=C(Cl)[C@@]1(Cl)C2(Cl)Cl. The van der Waals surface area contributed by atoms with Gasteiger partial charge in [0.25, 0.3) is 10.1 Å². The molecule has 1 aromatic rings. The van der Waals surface area contributed by atoms with E-state index in [1.807, 2.05) is 0 Å². The summed E-state index contributed by atoms with van der Waals surface area (Å²) in [5.41, 5.74) is 0.705. The third-order valence-electron chi connectivity index (χ3n) is 8.40. The molecule has 0 spiro atoms. The zero-order valence-corrected chi connectivity index (χ0v) is 26.6. The van der Waals surface area contributed by atoms with Crippen LogP contribution in [0.1, 0.15) is 23.0 Å². The van der Waals surface area contributed by atoms with Crippen LogP contribution in [0.3, 0.4) is 0 Å². The maximum absolute atomic E-state index is 12.1. The Morgan fingerprint density at radius 1 is 0.611 bits per heavy atom. The van der Waals surface area contributed by atoms with Crippen molar-refractivity contribution in [3.63, 3.8) is 0 Å². The summed E-state index contributed by atoms with van der Waals surface area (Å²) in [6.45, 7) is 0. The standard InChI is InChI=1S/C20H8Cl12O3S/c21-11-13(23)17(27)9-7(15(11,25)19(17,29)30)5-2-1-4(36(33,34)35)3-6(5)8-10(9)18(28)14(24)12(22)16(8,26)20(18,31)32/h1-3,7-10H,(H,33,34,35)/t7-,8-,9+,10-,15-,16-,17-,18-/m1/s1. The lowest BCUT2D eigenvalue weighted by molar-refractivity contribution is 0.201. The van der Waals surface area contributed by atoms with Gasteiger partial charge in [0.05, 0.1) is 25.0 Å². The Kier molecular flexibility index (Phi) is 5.90. The van der Waals surface area contributed by atoms with E-state index < -0.39 is 66.8 Å². The van der Waals surface area contributed by atoms with E-state index in [4.69, 9.17) is 139 Å². The highest BCUT2D eigenvalue weighted by atomic mass is 35.5. The second-order valence-corrected chi connectivity index (χ2v) is 17.5. The van der Waals surface area contributed by atoms with Gasteiger partial charge in [-0.05, 0) is 23.3 Å². The predicted octanol–water partition coefficient (Wildman–Crippen LogP) is 9.04. The van der Waals surface area contributed by atoms with Crippen LogP contribution >= 0.6 is 139 Å². The minimum Gasteiger partial charge on any atom is -0.282 e. The highest BCUT2D eigenvalue weighted by Gasteiger charge is 2.91. The normalized spacial score (nSPS) is 47.4. The lowest BCUT2D eigenvalue weighted by atomic mass is 9.57. The van der Waals surface area contributed by atoms with Crippen molar-refractivity contribution >= 4 is 149 Å². The van der Waals surface area contributed by atoms with Crippen LogP contribution in [0, 0.1) is 11.8 Å². The van der Waals surface area contributed by atoms with E-state index in [1.54, 1.807) is 0 Å². The molecular formula is C20H8Cl12O3S. The first-order valence-corrected chi connectivity index (χ1v) is 15.9. The van der Waals surface area contributed by atoms with Gasteiger partial charge in [0.15, 0.2) is 8.67 Å². The van der Waals surface area contributed by atoms with E-state index in [-0.39, 0.29) is 25.7 Å². The zero-order valence-electron chi connectivity index (χ0n) is 16.7. The third-order valence-corrected chi connectivity index (χ3v) is 17.8. The van der Waals surface area contributed by atoms with E-state index >= 15 is 0 Å². The van der Waals surface area contributed by atoms with Gasteiger partial charge < -0.3 is 0 Å². The van der Waals surface area contributed by atoms with Gasteiger partial charge >= 0.3 is 0 Å². The maximum atomic E-state index is 12.1. The molecule has 4 bridgehead atoms. The summed E-state index contributed by atoms with van der Waals surface area (Å²) >= 11 is 82.8. The van der Waals surface area contributed by atoms with Gasteiger partial charge in [-0.1, -0.05) is 98.9 Å². The summed E-state index contributed by atoms with van der Waals surface area (Å²) in [6.07, 6.45) is 0. The van der Waals surface area contributed by atoms with Crippen molar-refractivity contribution in [3.05, 3.63) is 49.5 Å². The van der Waals surface area contributed by atoms with E-state index in [0.29, 0.717) is 5.56 Å². The van der Waals surface area contributed by atoms with Gasteiger partial charge in [-0.25, -0.2) is 0 Å². The number of fused-ring (bicyclic) bond motifs is 14. The average molecular weight is 754 g/mol. The van der Waals surface area contributed by atoms with Crippen LogP contribution in [0.2, 0.25) is 0 Å². The number of rotatable bonds is 1. The predicted molar refractivity (Wildman–Crippen MR) is 149 cm³/mol. The van der Waals surface area contributed by atoms with Gasteiger partial charge in [0.2, 0.25) is 0 Å². The molecule has 2 saturated carbocycles. The second-order valence-electron chi connectivity index (χ2n) is 9.52. The lowest BCUT2D eigenvalue weighted by Gasteiger charge is -2.52. The molecule has 196 valence electrons. The highest BCUT2D eigenvalue weighted by Crippen LogP contribution is 2.88. The van der Waals surface area contributed by atoms with Gasteiger partial charge in [-0.3, -0.25) is 4.55 Å². The third kappa shape index (κ3) is 2.51. The summed E-state index contributed by atoms with van der Waals surface area (Å²) in [6, 6.07) is 3.85. The van der Waals surface area contributed by atoms with E-state index in [9.17, 15) is 13.0 Å². The number of halogens is 12. The molecule has 0 aromatic heterocycles. The van der Waals surface area contributed by atoms with Crippen molar-refractivity contribution in [2.75, 3.05) is 0 Å². The van der Waals surface area contributed by atoms with Crippen LogP contribution in [-0.2, 0) is 10.1 Å². The molecule has 2 fully saturated rings. The fourth-order valence-corrected chi connectivity index (χ4v) is 13.6. The average Bonchev–Trinajstić information content (AvgIpc) is 3.12. The number of hydrogen-bond acceptors (Lipinski definition) is 2. The number of benzene rings is 1. The summed E-state index contributed by atoms with van der Waals surface area (Å²) < 4.78 is 29.9. The first-order chi connectivity index (χ1) is 16.2. The largest absolute Gasteiger partial charge is 0.294 e. The molecule has 0 amide bonds. The van der Waals surface area contributed by atoms with Crippen LogP contribution in [0.15, 0.2) is 43.2 Å². The van der Waals surface area contributed by atoms with Crippen molar-refractivity contribution < 1.29 is 13.0 Å². The van der Waals surface area contributed by atoms with Gasteiger partial charge in [0, 0.05) is 23.7 Å². The highest BCUT2D eigenvalue weighted by molar-refractivity contribution is 7.85. The topological polar surface area (TPSA) is 54.4 Å². The van der Waals surface area contributed by atoms with Crippen LogP contribution in [-0.4, -0.2) is 41.1 Å². The minimum atomic E-state index is -4.65. The van der Waals surface area contributed by atoms with Crippen LogP contribution in [0.5, 0.6) is 0 Å². The molecule has 8 atom stereocenters. The van der Waals surface area contributed by atoms with E-state index in [2.05, 4.69) is 0 Å². The molecule has 0 radical (unpaired) electrons. The van der Waals surface area contributed by atoms with Crippen LogP contribution < -0.4 is 0 Å². The van der Waals surface area contributed by atoms with Crippen molar-refractivity contribution in [1.82, 2.24) is 0 Å². The molecule has 1 N–H and O–H groups in total. The Morgan fingerprint density at radius 3 is 1.36 bits per heavy atom. The first-order valence-electron chi connectivity index (χ1n) is 9.96. The Morgan fingerprint density at radius 2 is 0.972 bits per heavy atom. The molecule has 0 unspecified atom stereocenters. The second kappa shape index (κ2) is 7.53. The number of hydrogen-bond donors (Lipinski definition) is 1. The van der Waals surface area contributed by atoms with Crippen molar-refractivity contribution in [3.8, 4) is 0 Å². The molecular weight excluding hydrogens is 746 g/mol. The number of alkyl halides is 8. The molecule has 0 heterocycles. The molecule has 5 aliphatic carbocycles. The Labute approximate surface area is 265 Å². The maximum Gasteiger partial charge on any atom is 0.294 e. The van der Waals surface area contributed by atoms with E-state index in [1.165, 1.54) is 18.2 Å². The Hall–Kier alpha value is 2.09. The minimum absolute atomic E-state index is 0.0783. The molecule has 3 nitrogen and oxygen atoms in total. The van der Waals surface area contributed by atoms with Crippen molar-refractivity contribution in [2.45, 2.75) is 44.9 Å². The van der Waals surface area contributed by atoms with Crippen molar-refractivity contribution in [2.24, 2.45) is 11.8 Å². The summed E-state index contributed by atoms with van der Waals surface area (Å²) in [4.78, 5) is -7.73. The first kappa shape index (κ1) is 28.2. The molecule has 36 heavy (non-hydrogen) atoms. The van der Waals surface area contributed by atoms with E-state index in [0.717, 1.165) is 0 Å². The van der Waals surface area contributed by atoms with Gasteiger partial charge in [-0.2, -0.15) is 8.42 Å². The monoisotopic (exact) mass is 748 g/mol. The van der Waals surface area contributed by atoms with Crippen molar-refractivity contribution in [1.29, 1.82) is 0 Å². The summed E-state index contributed by atoms with van der Waals surface area (Å²) in [7, 11) is -4.65. The van der Waals surface area contributed by atoms with Crippen LogP contribution in [0.25, 0.3) is 0 Å². The molecule has 6 rings (SSSR count). The molecule has 0 saturated heterocycles. The quantitative estimate of drug-likeness (QED) is 0.230. The Balaban J connectivity index is 1.80. The molecule has 16 heteroatoms. The lowest BCUT2D eigenvalue weighted by Crippen LogP contribution is -2.53. The Bertz CT molecular complexity index is 1470. The van der Waals surface area contributed by atoms with Gasteiger partial charge in [-0.15, -0.1) is 46.4 Å². The fourth-order valence-electron chi connectivity index (χ4n) is 7.04. The number of allylic oxidation sites excluding steroid dienone is 4.